The van der Waals surface area contributed by atoms with Crippen molar-refractivity contribution in [2.75, 3.05) is 52.8 Å². The molecule has 8 nitrogen and oxygen atoms in total. The Bertz CT molecular complexity index is 1020. The van der Waals surface area contributed by atoms with Crippen molar-refractivity contribution in [1.82, 2.24) is 14.8 Å². The van der Waals surface area contributed by atoms with Crippen LogP contribution in [0.25, 0.3) is 10.6 Å². The van der Waals surface area contributed by atoms with Gasteiger partial charge in [-0.15, -0.1) is 22.7 Å². The van der Waals surface area contributed by atoms with E-state index in [-0.39, 0.29) is 6.03 Å². The Morgan fingerprint density at radius 1 is 1.06 bits per heavy atom. The van der Waals surface area contributed by atoms with Crippen LogP contribution in [0.1, 0.15) is 5.01 Å². The molecule has 0 saturated carbocycles. The molecule has 2 amide bonds. The zero-order valence-electron chi connectivity index (χ0n) is 18.3. The summed E-state index contributed by atoms with van der Waals surface area (Å²) in [5, 5.41) is 8.22. The smallest absolute Gasteiger partial charge is 0.321 e. The monoisotopic (exact) mass is 474 g/mol. The summed E-state index contributed by atoms with van der Waals surface area (Å²) < 4.78 is 16.1. The van der Waals surface area contributed by atoms with E-state index in [1.807, 2.05) is 11.0 Å². The summed E-state index contributed by atoms with van der Waals surface area (Å²) in [6.07, 6.45) is 0. The highest BCUT2D eigenvalue weighted by molar-refractivity contribution is 7.14. The Labute approximate surface area is 195 Å². The minimum absolute atomic E-state index is 0.145. The molecule has 170 valence electrons. The molecule has 1 aliphatic rings. The van der Waals surface area contributed by atoms with Gasteiger partial charge in [0.15, 0.2) is 11.5 Å². The number of ether oxygens (including phenoxy) is 3. The number of aromatic nitrogens is 1. The van der Waals surface area contributed by atoms with Gasteiger partial charge in [0.05, 0.1) is 44.1 Å². The van der Waals surface area contributed by atoms with Crippen LogP contribution in [0, 0.1) is 0 Å². The average molecular weight is 475 g/mol. The summed E-state index contributed by atoms with van der Waals surface area (Å²) in [6, 6.07) is 7.44. The quantitative estimate of drug-likeness (QED) is 0.552. The Hall–Kier alpha value is -2.82. The molecule has 2 aromatic heterocycles. The molecule has 1 aliphatic heterocycles. The molecule has 4 rings (SSSR count). The van der Waals surface area contributed by atoms with E-state index in [4.69, 9.17) is 19.2 Å². The molecule has 0 radical (unpaired) electrons. The first-order valence-electron chi connectivity index (χ1n) is 10.2. The van der Waals surface area contributed by atoms with Crippen molar-refractivity contribution in [3.8, 4) is 27.8 Å². The number of benzene rings is 1. The summed E-state index contributed by atoms with van der Waals surface area (Å²) in [6.45, 7) is 3.71. The number of anilines is 1. The van der Waals surface area contributed by atoms with Crippen molar-refractivity contribution < 1.29 is 19.0 Å². The molecule has 3 aromatic rings. The predicted molar refractivity (Wildman–Crippen MR) is 127 cm³/mol. The average Bonchev–Trinajstić information content (AvgIpc) is 3.51. The van der Waals surface area contributed by atoms with E-state index in [0.717, 1.165) is 30.3 Å². The van der Waals surface area contributed by atoms with Crippen LogP contribution in [0.4, 0.5) is 10.5 Å². The zero-order valence-corrected chi connectivity index (χ0v) is 19.9. The third-order valence-corrected chi connectivity index (χ3v) is 6.99. The fourth-order valence-electron chi connectivity index (χ4n) is 3.58. The van der Waals surface area contributed by atoms with E-state index in [1.165, 1.54) is 4.88 Å². The Morgan fingerprint density at radius 3 is 2.38 bits per heavy atom. The van der Waals surface area contributed by atoms with E-state index in [2.05, 4.69) is 27.0 Å². The molecule has 1 fully saturated rings. The molecule has 1 N–H and O–H groups in total. The second kappa shape index (κ2) is 10.2. The minimum atomic E-state index is -0.145. The van der Waals surface area contributed by atoms with Crippen molar-refractivity contribution in [2.24, 2.45) is 0 Å². The first-order valence-corrected chi connectivity index (χ1v) is 11.9. The van der Waals surface area contributed by atoms with Crippen LogP contribution >= 0.6 is 22.7 Å². The van der Waals surface area contributed by atoms with Gasteiger partial charge in [0.2, 0.25) is 5.75 Å². The van der Waals surface area contributed by atoms with Crippen molar-refractivity contribution in [3.63, 3.8) is 0 Å². The summed E-state index contributed by atoms with van der Waals surface area (Å²) >= 11 is 3.39. The van der Waals surface area contributed by atoms with Gasteiger partial charge < -0.3 is 24.4 Å². The number of amides is 2. The Kier molecular flexibility index (Phi) is 7.13. The molecular formula is C22H26N4O4S2. The lowest BCUT2D eigenvalue weighted by Gasteiger charge is -2.34. The summed E-state index contributed by atoms with van der Waals surface area (Å²) in [7, 11) is 4.65. The SMILES string of the molecule is COc1cc(NC(=O)N2CCN(Cc3nc(-c4cccs4)cs3)CC2)cc(OC)c1OC. The maximum Gasteiger partial charge on any atom is 0.321 e. The van der Waals surface area contributed by atoms with Crippen LogP contribution < -0.4 is 19.5 Å². The van der Waals surface area contributed by atoms with E-state index >= 15 is 0 Å². The zero-order chi connectivity index (χ0) is 22.5. The van der Waals surface area contributed by atoms with Crippen molar-refractivity contribution >= 4 is 34.4 Å². The number of hydrogen-bond donors (Lipinski definition) is 1. The van der Waals surface area contributed by atoms with Crippen LogP contribution in [-0.4, -0.2) is 68.3 Å². The maximum absolute atomic E-state index is 12.8. The van der Waals surface area contributed by atoms with Crippen LogP contribution in [0.15, 0.2) is 35.0 Å². The van der Waals surface area contributed by atoms with E-state index in [1.54, 1.807) is 56.1 Å². The number of rotatable bonds is 7. The van der Waals surface area contributed by atoms with E-state index in [9.17, 15) is 4.79 Å². The fraction of sp³-hybridized carbons (Fsp3) is 0.364. The summed E-state index contributed by atoms with van der Waals surface area (Å²) in [4.78, 5) is 22.9. The highest BCUT2D eigenvalue weighted by Crippen LogP contribution is 2.40. The Balaban J connectivity index is 1.32. The van der Waals surface area contributed by atoms with Crippen molar-refractivity contribution in [2.45, 2.75) is 6.54 Å². The number of hydrogen-bond acceptors (Lipinski definition) is 8. The molecule has 0 spiro atoms. The minimum Gasteiger partial charge on any atom is -0.493 e. The van der Waals surface area contributed by atoms with Gasteiger partial charge in [0.1, 0.15) is 5.01 Å². The van der Waals surface area contributed by atoms with Gasteiger partial charge in [-0.1, -0.05) is 6.07 Å². The van der Waals surface area contributed by atoms with Crippen molar-refractivity contribution in [1.29, 1.82) is 0 Å². The molecule has 0 atom stereocenters. The van der Waals surface area contributed by atoms with Gasteiger partial charge in [-0.2, -0.15) is 0 Å². The second-order valence-electron chi connectivity index (χ2n) is 7.21. The topological polar surface area (TPSA) is 76.2 Å². The Morgan fingerprint density at radius 2 is 1.78 bits per heavy atom. The number of carbonyl (C=O) groups excluding carboxylic acids is 1. The number of nitrogens with zero attached hydrogens (tertiary/aromatic N) is 3. The first kappa shape index (κ1) is 22.4. The van der Waals surface area contributed by atoms with Crippen molar-refractivity contribution in [3.05, 3.63) is 40.0 Å². The number of urea groups is 1. The molecule has 0 aliphatic carbocycles. The number of methoxy groups -OCH3 is 3. The fourth-order valence-corrected chi connectivity index (χ4v) is 5.17. The third-order valence-electron chi connectivity index (χ3n) is 5.26. The lowest BCUT2D eigenvalue weighted by Crippen LogP contribution is -2.49. The largest absolute Gasteiger partial charge is 0.493 e. The molecule has 32 heavy (non-hydrogen) atoms. The lowest BCUT2D eigenvalue weighted by atomic mass is 10.2. The van der Waals surface area contributed by atoms with E-state index < -0.39 is 0 Å². The van der Waals surface area contributed by atoms with Gasteiger partial charge in [0, 0.05) is 43.7 Å². The number of thiazole rings is 1. The standard InChI is InChI=1S/C22H26N4O4S2/c1-28-17-11-15(12-18(29-2)21(17)30-3)23-22(27)26-8-6-25(7-9-26)13-20-24-16(14-32-20)19-5-4-10-31-19/h4-5,10-12,14H,6-9,13H2,1-3H3,(H,23,27). The van der Waals surface area contributed by atoms with Crippen LogP contribution in [0.5, 0.6) is 17.2 Å². The summed E-state index contributed by atoms with van der Waals surface area (Å²) in [5.41, 5.74) is 1.64. The van der Waals surface area contributed by atoms with Crippen LogP contribution in [0.2, 0.25) is 0 Å². The molecule has 3 heterocycles. The number of nitrogens with one attached hydrogen (secondary N) is 1. The molecule has 1 saturated heterocycles. The van der Waals surface area contributed by atoms with Crippen LogP contribution in [-0.2, 0) is 6.54 Å². The van der Waals surface area contributed by atoms with Crippen LogP contribution in [0.3, 0.4) is 0 Å². The number of carbonyl (C=O) groups is 1. The molecule has 0 bridgehead atoms. The number of piperazine rings is 1. The second-order valence-corrected chi connectivity index (χ2v) is 9.10. The maximum atomic E-state index is 12.8. The summed E-state index contributed by atoms with van der Waals surface area (Å²) in [5.74, 6) is 1.49. The van der Waals surface area contributed by atoms with E-state index in [0.29, 0.717) is 36.0 Å². The first-order chi connectivity index (χ1) is 15.6. The van der Waals surface area contributed by atoms with Gasteiger partial charge in [0.25, 0.3) is 0 Å². The normalized spacial score (nSPS) is 14.3. The highest BCUT2D eigenvalue weighted by atomic mass is 32.1. The number of thiophene rings is 1. The van der Waals surface area contributed by atoms with Gasteiger partial charge in [-0.3, -0.25) is 4.90 Å². The molecule has 1 aromatic carbocycles. The highest BCUT2D eigenvalue weighted by Gasteiger charge is 2.23. The molecular weight excluding hydrogens is 448 g/mol. The molecule has 10 heteroatoms. The molecule has 0 unspecified atom stereocenters. The van der Waals surface area contributed by atoms with Gasteiger partial charge >= 0.3 is 6.03 Å². The lowest BCUT2D eigenvalue weighted by molar-refractivity contribution is 0.143. The predicted octanol–water partition coefficient (Wildman–Crippen LogP) is 4.25. The third kappa shape index (κ3) is 4.98. The van der Waals surface area contributed by atoms with Gasteiger partial charge in [-0.05, 0) is 11.4 Å². The van der Waals surface area contributed by atoms with Gasteiger partial charge in [-0.25, -0.2) is 9.78 Å².